The number of nitrogens with zero attached hydrogens (tertiary/aromatic N) is 4. The maximum atomic E-state index is 12.6. The van der Waals surface area contributed by atoms with E-state index in [0.717, 1.165) is 44.1 Å². The predicted octanol–water partition coefficient (Wildman–Crippen LogP) is -1.13. The second-order valence-electron chi connectivity index (χ2n) is 10.9. The first-order valence-electron chi connectivity index (χ1n) is 15.5. The van der Waals surface area contributed by atoms with Crippen LogP contribution >= 0.6 is 0 Å². The van der Waals surface area contributed by atoms with E-state index in [1.165, 1.54) is 0 Å². The van der Waals surface area contributed by atoms with Crippen molar-refractivity contribution in [2.24, 2.45) is 0 Å². The first-order chi connectivity index (χ1) is 22.6. The van der Waals surface area contributed by atoms with Crippen LogP contribution in [0.5, 0.6) is 5.75 Å². The van der Waals surface area contributed by atoms with Gasteiger partial charge in [-0.15, -0.1) is 0 Å². The summed E-state index contributed by atoms with van der Waals surface area (Å²) in [6.07, 6.45) is 0.153. The number of carbonyl (C=O) groups excluding carboxylic acids is 1. The fourth-order valence-corrected chi connectivity index (χ4v) is 5.44. The van der Waals surface area contributed by atoms with E-state index in [0.29, 0.717) is 38.8 Å². The number of aliphatic hydroxyl groups excluding tert-OH is 1. The summed E-state index contributed by atoms with van der Waals surface area (Å²) >= 11 is 0.988. The summed E-state index contributed by atoms with van der Waals surface area (Å²) in [4.78, 5) is 55.0. The standard InChI is InChI=1S/C30H48N4O12.Gd/c1-2-44-15-16-45-17-18-46-24-5-3-23(4-6-24)19-25(29(40)41)33-11-7-31(20-27(36)37)9-13-34(26(22-35)30(42)43)14-10-32(8-12-33)21-28(38)39;/h3-6,25-26,35H,2,7-22H2,1H3,(H,36,37)(H,38,39)(H,40,41)(H,42,43);/q;+1/p-1. The summed E-state index contributed by atoms with van der Waals surface area (Å²) in [7, 11) is 0. The van der Waals surface area contributed by atoms with Crippen LogP contribution in [0.25, 0.3) is 0 Å². The molecule has 1 aromatic carbocycles. The molecule has 0 amide bonds. The first kappa shape index (κ1) is 41.1. The van der Waals surface area contributed by atoms with Crippen LogP contribution in [0.2, 0.25) is 0 Å². The van der Waals surface area contributed by atoms with E-state index in [9.17, 15) is 39.6 Å². The van der Waals surface area contributed by atoms with E-state index in [2.05, 4.69) is 0 Å². The van der Waals surface area contributed by atoms with Gasteiger partial charge in [0.25, 0.3) is 0 Å². The molecule has 1 saturated heterocycles. The molecule has 17 heteroatoms. The first-order valence-corrected chi connectivity index (χ1v) is 16.4. The SMILES string of the molecule is CCOCCOCCOc1ccc(CC(C(=O)O)N2CCN(CC(=O)O)CCN(C(CO)C(=O)[O][Gd])CCN(CC(=O)O)CC2)cc1. The molecule has 2 rings (SSSR count). The maximum Gasteiger partial charge on any atom is -0.0197 e. The molecule has 16 nitrogen and oxygen atoms in total. The van der Waals surface area contributed by atoms with E-state index < -0.39 is 42.6 Å². The van der Waals surface area contributed by atoms with Gasteiger partial charge in [-0.05, 0) is 24.6 Å². The Morgan fingerprint density at radius 3 is 1.68 bits per heavy atom. The molecular weight excluding hydrogens is 766 g/mol. The molecule has 2 unspecified atom stereocenters. The topological polar surface area (TPSA) is 199 Å². The molecule has 0 spiro atoms. The van der Waals surface area contributed by atoms with Crippen LogP contribution in [0.3, 0.4) is 0 Å². The van der Waals surface area contributed by atoms with Crippen molar-refractivity contribution in [3.63, 3.8) is 0 Å². The molecule has 1 aromatic rings. The van der Waals surface area contributed by atoms with Crippen molar-refractivity contribution in [2.75, 3.05) is 105 Å². The number of ether oxygens (including phenoxy) is 3. The Kier molecular flexibility index (Phi) is 20.4. The Hall–Kier alpha value is -2.06. The van der Waals surface area contributed by atoms with Gasteiger partial charge in [-0.2, -0.15) is 0 Å². The summed E-state index contributed by atoms with van der Waals surface area (Å²) < 4.78 is 21.2. The van der Waals surface area contributed by atoms with Crippen LogP contribution < -0.4 is 4.74 Å². The van der Waals surface area contributed by atoms with Gasteiger partial charge in [-0.1, -0.05) is 12.1 Å². The molecule has 1 aliphatic heterocycles. The van der Waals surface area contributed by atoms with E-state index in [4.69, 9.17) is 15.4 Å². The normalized spacial score (nSPS) is 17.6. The predicted molar refractivity (Wildman–Crippen MR) is 163 cm³/mol. The zero-order valence-electron chi connectivity index (χ0n) is 26.7. The van der Waals surface area contributed by atoms with Crippen LogP contribution in [-0.2, 0) is 36.2 Å². The van der Waals surface area contributed by atoms with Gasteiger partial charge in [-0.25, -0.2) is 0 Å². The Morgan fingerprint density at radius 2 is 1.23 bits per heavy atom. The van der Waals surface area contributed by atoms with E-state index in [-0.39, 0.29) is 71.9 Å². The second kappa shape index (κ2) is 23.3. The van der Waals surface area contributed by atoms with Gasteiger partial charge < -0.3 is 19.3 Å². The Labute approximate surface area is 301 Å². The molecule has 1 heterocycles. The number of aliphatic hydroxyl groups is 1. The Balaban J connectivity index is 2.19. The molecule has 0 aromatic heterocycles. The van der Waals surface area contributed by atoms with Crippen LogP contribution in [0.4, 0.5) is 0 Å². The summed E-state index contributed by atoms with van der Waals surface area (Å²) in [5, 5.41) is 39.3. The Morgan fingerprint density at radius 1 is 0.745 bits per heavy atom. The molecule has 0 bridgehead atoms. The van der Waals surface area contributed by atoms with Crippen molar-refractivity contribution in [2.45, 2.75) is 25.4 Å². The number of hydrogen-bond acceptors (Lipinski definition) is 13. The molecule has 1 aliphatic rings. The molecule has 4 N–H and O–H groups in total. The average Bonchev–Trinajstić information content (AvgIpc) is 3.03. The summed E-state index contributed by atoms with van der Waals surface area (Å²) in [5.74, 6) is -3.23. The third-order valence-electron chi connectivity index (χ3n) is 7.64. The molecule has 1 fully saturated rings. The van der Waals surface area contributed by atoms with E-state index in [1.54, 1.807) is 43.9 Å². The van der Waals surface area contributed by atoms with Crippen LogP contribution in [-0.4, -0.2) is 181 Å². The van der Waals surface area contributed by atoms with Gasteiger partial charge in [-0.3, -0.25) is 4.79 Å². The minimum Gasteiger partial charge on any atom is -0.0553 e. The largest absolute Gasteiger partial charge is 0.0553 e. The minimum atomic E-state index is -1.06. The molecule has 0 saturated carbocycles. The number of hydrogen-bond donors (Lipinski definition) is 4. The summed E-state index contributed by atoms with van der Waals surface area (Å²) in [6, 6.07) is 5.12. The van der Waals surface area contributed by atoms with Gasteiger partial charge in [0, 0.05) is 6.61 Å². The number of benzene rings is 1. The molecule has 47 heavy (non-hydrogen) atoms. The average molecular weight is 813 g/mol. The van der Waals surface area contributed by atoms with Crippen molar-refractivity contribution in [1.29, 1.82) is 0 Å². The van der Waals surface area contributed by atoms with Crippen molar-refractivity contribution >= 4 is 23.9 Å². The van der Waals surface area contributed by atoms with Crippen LogP contribution in [0.1, 0.15) is 12.5 Å². The molecule has 0 aliphatic carbocycles. The molecule has 2 atom stereocenters. The second-order valence-corrected chi connectivity index (χ2v) is 11.3. The molecule has 267 valence electrons. The van der Waals surface area contributed by atoms with Gasteiger partial charge in [0.2, 0.25) is 0 Å². The number of carboxylic acids is 3. The van der Waals surface area contributed by atoms with Gasteiger partial charge in [0.1, 0.15) is 12.4 Å². The monoisotopic (exact) mass is 813 g/mol. The minimum absolute atomic E-state index is 0.153. The van der Waals surface area contributed by atoms with Crippen molar-refractivity contribution in [3.05, 3.63) is 29.8 Å². The summed E-state index contributed by atoms with van der Waals surface area (Å²) in [6.45, 7) is 4.68. The fourth-order valence-electron chi connectivity index (χ4n) is 5.14. The zero-order valence-corrected chi connectivity index (χ0v) is 29.0. The molecule has 0 radical (unpaired) electrons. The maximum absolute atomic E-state index is 12.6. The van der Waals surface area contributed by atoms with Crippen molar-refractivity contribution in [1.82, 2.24) is 19.6 Å². The zero-order chi connectivity index (χ0) is 34.6. The smallest absolute Gasteiger partial charge is 0.0197 e. The van der Waals surface area contributed by atoms with Crippen LogP contribution in [0, 0.1) is 38.5 Å². The number of carboxylic acid groups (broad SMARTS) is 3. The fraction of sp³-hybridized carbons (Fsp3) is 0.667. The number of carbonyl (C=O) groups is 4. The number of aliphatic carboxylic acids is 3. The van der Waals surface area contributed by atoms with Crippen LogP contribution in [0.15, 0.2) is 24.3 Å². The van der Waals surface area contributed by atoms with E-state index >= 15 is 0 Å². The van der Waals surface area contributed by atoms with Gasteiger partial charge in [0.15, 0.2) is 0 Å². The van der Waals surface area contributed by atoms with Gasteiger partial charge in [0.05, 0.1) is 19.8 Å². The third-order valence-corrected chi connectivity index (χ3v) is 8.10. The van der Waals surface area contributed by atoms with Gasteiger partial charge >= 0.3 is 203 Å². The van der Waals surface area contributed by atoms with Crippen molar-refractivity contribution < 1.29 is 93.5 Å². The van der Waals surface area contributed by atoms with Crippen molar-refractivity contribution in [3.8, 4) is 5.75 Å². The summed E-state index contributed by atoms with van der Waals surface area (Å²) in [5.41, 5.74) is 0.753. The molecular formula is C30H47GdN4O12. The quantitative estimate of drug-likeness (QED) is 0.122. The Bertz CT molecular complexity index is 1070. The van der Waals surface area contributed by atoms with E-state index in [1.807, 2.05) is 6.92 Å². The number of rotatable bonds is 19. The third kappa shape index (κ3) is 16.3.